The summed E-state index contributed by atoms with van der Waals surface area (Å²) in [6.07, 6.45) is 20.6. The zero-order valence-electron chi connectivity index (χ0n) is 34.3. The second-order valence-electron chi connectivity index (χ2n) is 15.5. The van der Waals surface area contributed by atoms with Gasteiger partial charge in [-0.2, -0.15) is 0 Å². The number of unbranched alkanes of at least 4 members (excludes halogenated alkanes) is 12. The van der Waals surface area contributed by atoms with E-state index >= 15 is 0 Å². The van der Waals surface area contributed by atoms with Crippen LogP contribution >= 0.6 is 23.2 Å². The minimum absolute atomic E-state index is 0.0230. The zero-order chi connectivity index (χ0) is 40.6. The van der Waals surface area contributed by atoms with Gasteiger partial charge in [-0.15, -0.1) is 0 Å². The van der Waals surface area contributed by atoms with Crippen molar-refractivity contribution in [3.8, 4) is 11.1 Å². The number of hydrogen-bond donors (Lipinski definition) is 0. The molecule has 0 aromatic heterocycles. The van der Waals surface area contributed by atoms with Crippen molar-refractivity contribution in [3.63, 3.8) is 0 Å². The van der Waals surface area contributed by atoms with Crippen molar-refractivity contribution in [1.29, 1.82) is 0 Å². The van der Waals surface area contributed by atoms with E-state index in [-0.39, 0.29) is 40.8 Å². The van der Waals surface area contributed by atoms with Gasteiger partial charge in [-0.05, 0) is 122 Å². The predicted octanol–water partition coefficient (Wildman–Crippen LogP) is 14.8. The predicted molar refractivity (Wildman–Crippen MR) is 237 cm³/mol. The van der Waals surface area contributed by atoms with Gasteiger partial charge in [0.2, 0.25) is 19.7 Å². The van der Waals surface area contributed by atoms with Crippen LogP contribution in [-0.2, 0) is 45.4 Å². The Morgan fingerprint density at radius 3 is 0.929 bits per heavy atom. The van der Waals surface area contributed by atoms with Crippen LogP contribution in [0.4, 0.5) is 0 Å². The van der Waals surface area contributed by atoms with Crippen LogP contribution in [0.25, 0.3) is 11.1 Å². The molecule has 4 aromatic rings. The quantitative estimate of drug-likeness (QED) is 0.0624. The van der Waals surface area contributed by atoms with Crippen molar-refractivity contribution < 1.29 is 16.8 Å². The van der Waals surface area contributed by atoms with Crippen LogP contribution in [0.2, 0.25) is 10.0 Å². The molecule has 0 N–H and O–H groups in total. The maximum atomic E-state index is 14.9. The van der Waals surface area contributed by atoms with Crippen molar-refractivity contribution in [1.82, 2.24) is 0 Å². The second-order valence-corrected chi connectivity index (χ2v) is 20.2. The summed E-state index contributed by atoms with van der Waals surface area (Å²) in [5.41, 5.74) is 4.57. The van der Waals surface area contributed by atoms with Crippen molar-refractivity contribution in [2.75, 3.05) is 0 Å². The van der Waals surface area contributed by atoms with Gasteiger partial charge in [0.05, 0.1) is 19.6 Å². The SMILES string of the molecule is CCCCCCc1cc(CCCCCC)cc(S(=O)(=O)c2cc(Cl)ccc2-c2ccc(Cl)cc2S(=O)(=O)c2cc(CCCCCC)cc(CCCCCC)c2)c1. The molecule has 56 heavy (non-hydrogen) atoms. The van der Waals surface area contributed by atoms with Gasteiger partial charge >= 0.3 is 0 Å². The molecular weight excluding hydrogens is 776 g/mol. The van der Waals surface area contributed by atoms with Crippen molar-refractivity contribution >= 4 is 42.9 Å². The first kappa shape index (κ1) is 46.1. The molecular formula is C48H64Cl2O4S2. The van der Waals surface area contributed by atoms with Crippen LogP contribution in [0.3, 0.4) is 0 Å². The number of benzene rings is 4. The van der Waals surface area contributed by atoms with Crippen molar-refractivity contribution in [2.24, 2.45) is 0 Å². The average molecular weight is 840 g/mol. The minimum atomic E-state index is -4.15. The van der Waals surface area contributed by atoms with E-state index in [2.05, 4.69) is 39.8 Å². The molecule has 0 radical (unpaired) electrons. The normalized spacial score (nSPS) is 12.0. The zero-order valence-corrected chi connectivity index (χ0v) is 37.4. The monoisotopic (exact) mass is 838 g/mol. The lowest BCUT2D eigenvalue weighted by Gasteiger charge is -2.18. The molecule has 0 fully saturated rings. The summed E-state index contributed by atoms with van der Waals surface area (Å²) in [6.45, 7) is 8.73. The number of aryl methyl sites for hydroxylation is 4. The summed E-state index contributed by atoms with van der Waals surface area (Å²) in [5.74, 6) is 0. The number of hydrogen-bond acceptors (Lipinski definition) is 4. The molecule has 306 valence electrons. The molecule has 0 unspecified atom stereocenters. The van der Waals surface area contributed by atoms with Gasteiger partial charge in [0.1, 0.15) is 0 Å². The van der Waals surface area contributed by atoms with E-state index in [4.69, 9.17) is 23.2 Å². The molecule has 0 saturated carbocycles. The fraction of sp³-hybridized carbons (Fsp3) is 0.500. The maximum absolute atomic E-state index is 14.9. The molecule has 8 heteroatoms. The Hall–Kier alpha value is -2.64. The summed E-state index contributed by atoms with van der Waals surface area (Å²) < 4.78 is 59.5. The Balaban J connectivity index is 1.84. The van der Waals surface area contributed by atoms with Gasteiger partial charge in [0.15, 0.2) is 0 Å². The third kappa shape index (κ3) is 13.2. The largest absolute Gasteiger partial charge is 0.218 e. The highest BCUT2D eigenvalue weighted by molar-refractivity contribution is 7.92. The first-order valence-electron chi connectivity index (χ1n) is 21.3. The molecule has 0 aliphatic rings. The molecule has 4 rings (SSSR count). The van der Waals surface area contributed by atoms with Gasteiger partial charge < -0.3 is 0 Å². The Morgan fingerprint density at radius 2 is 0.661 bits per heavy atom. The van der Waals surface area contributed by atoms with Gasteiger partial charge in [0.25, 0.3) is 0 Å². The van der Waals surface area contributed by atoms with Gasteiger partial charge in [-0.3, -0.25) is 0 Å². The third-order valence-corrected chi connectivity index (χ3v) is 14.7. The Kier molecular flexibility index (Phi) is 19.0. The van der Waals surface area contributed by atoms with E-state index in [0.29, 0.717) is 0 Å². The first-order valence-corrected chi connectivity index (χ1v) is 25.0. The third-order valence-electron chi connectivity index (χ3n) is 10.7. The van der Waals surface area contributed by atoms with Crippen molar-refractivity contribution in [3.05, 3.63) is 105 Å². The molecule has 0 bridgehead atoms. The van der Waals surface area contributed by atoms with Crippen LogP contribution in [-0.4, -0.2) is 16.8 Å². The highest BCUT2D eigenvalue weighted by Crippen LogP contribution is 2.40. The fourth-order valence-corrected chi connectivity index (χ4v) is 11.2. The lowest BCUT2D eigenvalue weighted by Crippen LogP contribution is -2.09. The van der Waals surface area contributed by atoms with E-state index in [1.807, 2.05) is 0 Å². The van der Waals surface area contributed by atoms with Crippen LogP contribution in [0.15, 0.2) is 92.4 Å². The smallest absolute Gasteiger partial charge is 0.207 e. The molecule has 4 aromatic carbocycles. The topological polar surface area (TPSA) is 68.3 Å². The van der Waals surface area contributed by atoms with Crippen molar-refractivity contribution in [2.45, 2.75) is 176 Å². The number of sulfone groups is 2. The number of rotatable bonds is 25. The van der Waals surface area contributed by atoms with E-state index in [1.54, 1.807) is 48.5 Å². The molecule has 0 saturated heterocycles. The highest BCUT2D eigenvalue weighted by Gasteiger charge is 2.29. The van der Waals surface area contributed by atoms with E-state index < -0.39 is 19.7 Å². The van der Waals surface area contributed by atoms with Gasteiger partial charge in [-0.1, -0.05) is 152 Å². The molecule has 0 aliphatic carbocycles. The summed E-state index contributed by atoms with van der Waals surface area (Å²) in [7, 11) is -8.30. The van der Waals surface area contributed by atoms with Gasteiger partial charge in [0, 0.05) is 21.2 Å². The Bertz CT molecular complexity index is 1860. The standard InChI is InChI=1S/C48H64Cl2O4S2/c1-5-9-13-17-21-37-29-38(22-18-14-10-6-2)32-43(31-37)55(51,52)47-35-41(49)25-27-45(47)46-28-26-42(50)36-48(46)56(53,54)44-33-39(23-19-15-11-7-3)30-40(34-44)24-20-16-12-8-4/h25-36H,5-24H2,1-4H3. The number of halogens is 2. The Morgan fingerprint density at radius 1 is 0.375 bits per heavy atom. The van der Waals surface area contributed by atoms with E-state index in [0.717, 1.165) is 151 Å². The van der Waals surface area contributed by atoms with Gasteiger partial charge in [-0.25, -0.2) is 16.8 Å². The molecule has 0 spiro atoms. The van der Waals surface area contributed by atoms with Crippen LogP contribution in [0.1, 0.15) is 153 Å². The summed E-state index contributed by atoms with van der Waals surface area (Å²) in [4.78, 5) is 0.373. The summed E-state index contributed by atoms with van der Waals surface area (Å²) >= 11 is 13.1. The fourth-order valence-electron chi connectivity index (χ4n) is 7.50. The molecule has 0 aliphatic heterocycles. The first-order chi connectivity index (χ1) is 26.9. The minimum Gasteiger partial charge on any atom is -0.218 e. The van der Waals surface area contributed by atoms with E-state index in [1.165, 1.54) is 12.1 Å². The summed E-state index contributed by atoms with van der Waals surface area (Å²) in [5, 5.41) is 0.509. The lowest BCUT2D eigenvalue weighted by atomic mass is 10.0. The Labute approximate surface area is 349 Å². The average Bonchev–Trinajstić information content (AvgIpc) is 3.18. The van der Waals surface area contributed by atoms with Crippen LogP contribution in [0.5, 0.6) is 0 Å². The maximum Gasteiger partial charge on any atom is 0.207 e. The lowest BCUT2D eigenvalue weighted by molar-refractivity contribution is 0.593. The highest BCUT2D eigenvalue weighted by atomic mass is 35.5. The van der Waals surface area contributed by atoms with Crippen LogP contribution in [0, 0.1) is 0 Å². The molecule has 0 atom stereocenters. The molecule has 0 amide bonds. The second kappa shape index (κ2) is 23.1. The summed E-state index contributed by atoms with van der Waals surface area (Å²) in [6, 6.07) is 20.9. The van der Waals surface area contributed by atoms with E-state index in [9.17, 15) is 16.8 Å². The van der Waals surface area contributed by atoms with Crippen LogP contribution < -0.4 is 0 Å². The molecule has 0 heterocycles. The molecule has 4 nitrogen and oxygen atoms in total.